The molecule has 0 saturated carbocycles. The van der Waals surface area contributed by atoms with Crippen molar-refractivity contribution in [2.45, 2.75) is 18.2 Å². The molecule has 2 aromatic rings. The topological polar surface area (TPSA) is 75.3 Å². The van der Waals surface area contributed by atoms with Crippen LogP contribution in [0.2, 0.25) is 0 Å². The van der Waals surface area contributed by atoms with Crippen molar-refractivity contribution in [3.63, 3.8) is 0 Å². The summed E-state index contributed by atoms with van der Waals surface area (Å²) < 4.78 is 25.7. The summed E-state index contributed by atoms with van der Waals surface area (Å²) in [4.78, 5) is 12.6. The van der Waals surface area contributed by atoms with Crippen molar-refractivity contribution in [1.29, 1.82) is 0 Å². The molecule has 0 fully saturated rings. The Balaban J connectivity index is 2.06. The number of carbonyl (C=O) groups excluding carboxylic acids is 1. The molecule has 0 unspecified atom stereocenters. The summed E-state index contributed by atoms with van der Waals surface area (Å²) in [6.45, 7) is 2.56. The predicted molar refractivity (Wildman–Crippen MR) is 93.9 cm³/mol. The molecule has 0 atom stereocenters. The zero-order valence-corrected chi connectivity index (χ0v) is 14.1. The number of fused-ring (bicyclic) bond motifs is 1. The number of nitrogens with one attached hydrogen (secondary N) is 2. The predicted octanol–water partition coefficient (Wildman–Crippen LogP) is 2.78. The third kappa shape index (κ3) is 2.80. The van der Waals surface area contributed by atoms with Crippen LogP contribution in [-0.2, 0) is 14.6 Å². The van der Waals surface area contributed by atoms with E-state index in [0.717, 1.165) is 6.42 Å². The molecule has 24 heavy (non-hydrogen) atoms. The van der Waals surface area contributed by atoms with Gasteiger partial charge in [0.25, 0.3) is 5.91 Å². The van der Waals surface area contributed by atoms with Crippen LogP contribution in [-0.4, -0.2) is 20.9 Å². The highest BCUT2D eigenvalue weighted by atomic mass is 32.2. The van der Waals surface area contributed by atoms with E-state index in [0.29, 0.717) is 23.5 Å². The van der Waals surface area contributed by atoms with Gasteiger partial charge < -0.3 is 10.6 Å². The summed E-state index contributed by atoms with van der Waals surface area (Å²) in [5.74, 6) is -0.629. The van der Waals surface area contributed by atoms with E-state index >= 15 is 0 Å². The molecule has 1 heterocycles. The van der Waals surface area contributed by atoms with E-state index in [-0.39, 0.29) is 9.80 Å². The van der Waals surface area contributed by atoms with Crippen molar-refractivity contribution >= 4 is 27.1 Å². The Bertz CT molecular complexity index is 903. The lowest BCUT2D eigenvalue weighted by molar-refractivity contribution is -0.112. The van der Waals surface area contributed by atoms with Crippen LogP contribution in [0.15, 0.2) is 64.4 Å². The number of hydrogen-bond donors (Lipinski definition) is 2. The van der Waals surface area contributed by atoms with Crippen LogP contribution in [0.3, 0.4) is 0 Å². The number of anilines is 1. The van der Waals surface area contributed by atoms with E-state index in [1.54, 1.807) is 42.5 Å². The molecule has 0 aliphatic carbocycles. The van der Waals surface area contributed by atoms with E-state index in [4.69, 9.17) is 0 Å². The lowest BCUT2D eigenvalue weighted by Gasteiger charge is -2.10. The number of hydrogen-bond acceptors (Lipinski definition) is 4. The standard InChI is InChI=1S/C18H18N2O3S/c1-2-12-19-16-14-10-6-7-11-15(14)24(22,23)17(16)18(21)20-13-8-4-3-5-9-13/h3-11,19H,2,12H2,1H3,(H,20,21). The fraction of sp³-hybridized carbons (Fsp3) is 0.167. The van der Waals surface area contributed by atoms with Crippen LogP contribution in [0.4, 0.5) is 5.69 Å². The molecule has 1 amide bonds. The minimum atomic E-state index is -3.84. The number of para-hydroxylation sites is 1. The summed E-state index contributed by atoms with van der Waals surface area (Å²) in [5, 5.41) is 5.76. The third-order valence-corrected chi connectivity index (χ3v) is 5.59. The van der Waals surface area contributed by atoms with Crippen LogP contribution in [0.1, 0.15) is 18.9 Å². The maximum Gasteiger partial charge on any atom is 0.269 e. The molecule has 1 aliphatic rings. The largest absolute Gasteiger partial charge is 0.383 e. The molecule has 2 N–H and O–H groups in total. The Morgan fingerprint density at radius 2 is 1.67 bits per heavy atom. The van der Waals surface area contributed by atoms with Crippen LogP contribution >= 0.6 is 0 Å². The number of carbonyl (C=O) groups is 1. The van der Waals surface area contributed by atoms with Gasteiger partial charge in [0, 0.05) is 17.8 Å². The summed E-state index contributed by atoms with van der Waals surface area (Å²) in [7, 11) is -3.84. The summed E-state index contributed by atoms with van der Waals surface area (Å²) in [6.07, 6.45) is 0.819. The van der Waals surface area contributed by atoms with Crippen molar-refractivity contribution in [2.24, 2.45) is 0 Å². The Morgan fingerprint density at radius 3 is 2.38 bits per heavy atom. The molecule has 0 saturated heterocycles. The minimum absolute atomic E-state index is 0.168. The smallest absolute Gasteiger partial charge is 0.269 e. The normalized spacial score (nSPS) is 15.0. The lowest BCUT2D eigenvalue weighted by atomic mass is 10.1. The maximum absolute atomic E-state index is 12.8. The molecule has 6 heteroatoms. The Kier molecular flexibility index (Phi) is 4.40. The zero-order valence-electron chi connectivity index (χ0n) is 13.2. The zero-order chi connectivity index (χ0) is 17.2. The Hall–Kier alpha value is -2.60. The molecule has 124 valence electrons. The third-order valence-electron chi connectivity index (χ3n) is 3.73. The fourth-order valence-corrected chi connectivity index (χ4v) is 4.33. The van der Waals surface area contributed by atoms with E-state index in [1.165, 1.54) is 6.07 Å². The van der Waals surface area contributed by atoms with Crippen LogP contribution < -0.4 is 10.6 Å². The molecule has 2 aromatic carbocycles. The average molecular weight is 342 g/mol. The van der Waals surface area contributed by atoms with E-state index < -0.39 is 15.7 Å². The number of sulfone groups is 1. The molecule has 5 nitrogen and oxygen atoms in total. The van der Waals surface area contributed by atoms with Gasteiger partial charge in [-0.15, -0.1) is 0 Å². The van der Waals surface area contributed by atoms with Crippen molar-refractivity contribution < 1.29 is 13.2 Å². The first-order valence-electron chi connectivity index (χ1n) is 7.74. The van der Waals surface area contributed by atoms with Crippen molar-refractivity contribution in [2.75, 3.05) is 11.9 Å². The van der Waals surface area contributed by atoms with Gasteiger partial charge >= 0.3 is 0 Å². The van der Waals surface area contributed by atoms with Gasteiger partial charge in [-0.2, -0.15) is 0 Å². The first-order valence-corrected chi connectivity index (χ1v) is 9.23. The van der Waals surface area contributed by atoms with Gasteiger partial charge in [-0.3, -0.25) is 4.79 Å². The minimum Gasteiger partial charge on any atom is -0.383 e. The monoisotopic (exact) mass is 342 g/mol. The molecule has 0 aromatic heterocycles. The van der Waals surface area contributed by atoms with Gasteiger partial charge in [-0.05, 0) is 24.6 Å². The van der Waals surface area contributed by atoms with Gasteiger partial charge in [-0.1, -0.05) is 43.3 Å². The number of rotatable bonds is 5. The molecule has 1 aliphatic heterocycles. The highest BCUT2D eigenvalue weighted by molar-refractivity contribution is 7.97. The van der Waals surface area contributed by atoms with Gasteiger partial charge in [0.2, 0.25) is 9.84 Å². The fourth-order valence-electron chi connectivity index (χ4n) is 2.64. The van der Waals surface area contributed by atoms with E-state index in [1.807, 2.05) is 13.0 Å². The second-order valence-corrected chi connectivity index (χ2v) is 7.31. The van der Waals surface area contributed by atoms with Gasteiger partial charge in [0.1, 0.15) is 0 Å². The quantitative estimate of drug-likeness (QED) is 0.876. The number of amides is 1. The van der Waals surface area contributed by atoms with Gasteiger partial charge in [0.05, 0.1) is 10.6 Å². The second-order valence-electron chi connectivity index (χ2n) is 5.45. The molecule has 3 rings (SSSR count). The highest BCUT2D eigenvalue weighted by Gasteiger charge is 2.39. The van der Waals surface area contributed by atoms with Crippen molar-refractivity contribution in [3.8, 4) is 0 Å². The molecular weight excluding hydrogens is 324 g/mol. The summed E-state index contributed by atoms with van der Waals surface area (Å²) in [6, 6.07) is 15.5. The van der Waals surface area contributed by atoms with Crippen LogP contribution in [0, 0.1) is 0 Å². The van der Waals surface area contributed by atoms with E-state index in [9.17, 15) is 13.2 Å². The highest BCUT2D eigenvalue weighted by Crippen LogP contribution is 2.38. The van der Waals surface area contributed by atoms with Gasteiger partial charge in [-0.25, -0.2) is 8.42 Å². The molecule has 0 bridgehead atoms. The van der Waals surface area contributed by atoms with E-state index in [2.05, 4.69) is 10.6 Å². The van der Waals surface area contributed by atoms with Crippen molar-refractivity contribution in [3.05, 3.63) is 65.1 Å². The SMILES string of the molecule is CCCNC1=C(C(=O)Nc2ccccc2)S(=O)(=O)c2ccccc21. The second kappa shape index (κ2) is 6.49. The summed E-state index contributed by atoms with van der Waals surface area (Å²) >= 11 is 0. The average Bonchev–Trinajstić information content (AvgIpc) is 2.81. The Morgan fingerprint density at radius 1 is 1.00 bits per heavy atom. The lowest BCUT2D eigenvalue weighted by Crippen LogP contribution is -2.23. The molecule has 0 radical (unpaired) electrons. The number of benzene rings is 2. The maximum atomic E-state index is 12.8. The van der Waals surface area contributed by atoms with Crippen molar-refractivity contribution in [1.82, 2.24) is 5.32 Å². The molecule has 0 spiro atoms. The first-order chi connectivity index (χ1) is 11.6. The van der Waals surface area contributed by atoms with Gasteiger partial charge in [0.15, 0.2) is 4.91 Å². The Labute approximate surface area is 141 Å². The first kappa shape index (κ1) is 16.3. The van der Waals surface area contributed by atoms with Crippen LogP contribution in [0.5, 0.6) is 0 Å². The summed E-state index contributed by atoms with van der Waals surface area (Å²) in [5.41, 5.74) is 1.47. The van der Waals surface area contributed by atoms with Crippen LogP contribution in [0.25, 0.3) is 5.70 Å². The molecular formula is C18H18N2O3S.